The number of alkyl halides is 3. The SMILES string of the molecule is CC(NC(=O)CN1CCNCC1)c1ccc(OC(F)(F)F)cc1.Cl.Cl. The number of benzene rings is 1. The average molecular weight is 404 g/mol. The molecular weight excluding hydrogens is 382 g/mol. The lowest BCUT2D eigenvalue weighted by Crippen LogP contribution is -2.47. The lowest BCUT2D eigenvalue weighted by Gasteiger charge is -2.27. The maximum Gasteiger partial charge on any atom is 0.573 e. The smallest absolute Gasteiger partial charge is 0.406 e. The van der Waals surface area contributed by atoms with Crippen LogP contribution in [0.25, 0.3) is 0 Å². The van der Waals surface area contributed by atoms with E-state index in [0.717, 1.165) is 26.2 Å². The Hall–Kier alpha value is -1.22. The van der Waals surface area contributed by atoms with E-state index in [9.17, 15) is 18.0 Å². The molecule has 0 radical (unpaired) electrons. The molecule has 2 N–H and O–H groups in total. The molecule has 25 heavy (non-hydrogen) atoms. The van der Waals surface area contributed by atoms with Gasteiger partial charge in [-0.3, -0.25) is 9.69 Å². The summed E-state index contributed by atoms with van der Waals surface area (Å²) in [5, 5.41) is 6.06. The van der Waals surface area contributed by atoms with Crippen molar-refractivity contribution in [3.63, 3.8) is 0 Å². The number of carbonyl (C=O) groups is 1. The molecule has 1 saturated heterocycles. The highest BCUT2D eigenvalue weighted by Gasteiger charge is 2.31. The molecule has 0 aromatic heterocycles. The molecule has 1 fully saturated rings. The minimum atomic E-state index is -4.70. The summed E-state index contributed by atoms with van der Waals surface area (Å²) in [7, 11) is 0. The fourth-order valence-electron chi connectivity index (χ4n) is 2.40. The zero-order valence-electron chi connectivity index (χ0n) is 13.6. The summed E-state index contributed by atoms with van der Waals surface area (Å²) in [4.78, 5) is 14.1. The first kappa shape index (κ1) is 23.8. The number of rotatable bonds is 5. The Morgan fingerprint density at radius 2 is 1.80 bits per heavy atom. The molecule has 0 bridgehead atoms. The number of amides is 1. The molecule has 1 atom stereocenters. The topological polar surface area (TPSA) is 53.6 Å². The first-order valence-electron chi connectivity index (χ1n) is 7.41. The molecule has 1 aliphatic rings. The van der Waals surface area contributed by atoms with Crippen molar-refractivity contribution in [2.24, 2.45) is 0 Å². The van der Waals surface area contributed by atoms with Gasteiger partial charge in [-0.1, -0.05) is 12.1 Å². The molecule has 2 rings (SSSR count). The van der Waals surface area contributed by atoms with Crippen molar-refractivity contribution < 1.29 is 22.7 Å². The summed E-state index contributed by atoms with van der Waals surface area (Å²) in [6.07, 6.45) is -4.70. The molecule has 1 unspecified atom stereocenters. The van der Waals surface area contributed by atoms with E-state index in [2.05, 4.69) is 20.3 Å². The van der Waals surface area contributed by atoms with E-state index in [4.69, 9.17) is 0 Å². The van der Waals surface area contributed by atoms with Gasteiger partial charge in [-0.2, -0.15) is 0 Å². The minimum Gasteiger partial charge on any atom is -0.406 e. The third kappa shape index (κ3) is 8.62. The Morgan fingerprint density at radius 1 is 1.24 bits per heavy atom. The van der Waals surface area contributed by atoms with Gasteiger partial charge >= 0.3 is 6.36 Å². The van der Waals surface area contributed by atoms with Crippen LogP contribution in [0.1, 0.15) is 18.5 Å². The van der Waals surface area contributed by atoms with Crippen LogP contribution in [-0.2, 0) is 4.79 Å². The third-order valence-corrected chi connectivity index (χ3v) is 3.57. The maximum absolute atomic E-state index is 12.1. The van der Waals surface area contributed by atoms with E-state index in [0.29, 0.717) is 12.1 Å². The number of nitrogens with one attached hydrogen (secondary N) is 2. The van der Waals surface area contributed by atoms with Crippen molar-refractivity contribution in [3.05, 3.63) is 29.8 Å². The van der Waals surface area contributed by atoms with Crippen LogP contribution in [0.15, 0.2) is 24.3 Å². The van der Waals surface area contributed by atoms with Gasteiger partial charge in [-0.15, -0.1) is 38.0 Å². The largest absolute Gasteiger partial charge is 0.573 e. The van der Waals surface area contributed by atoms with Crippen molar-refractivity contribution in [3.8, 4) is 5.75 Å². The first-order chi connectivity index (χ1) is 10.8. The molecule has 1 heterocycles. The summed E-state index contributed by atoms with van der Waals surface area (Å²) in [6.45, 7) is 5.49. The van der Waals surface area contributed by atoms with Crippen molar-refractivity contribution in [2.75, 3.05) is 32.7 Å². The zero-order chi connectivity index (χ0) is 16.9. The lowest BCUT2D eigenvalue weighted by atomic mass is 10.1. The van der Waals surface area contributed by atoms with Crippen molar-refractivity contribution >= 4 is 30.7 Å². The van der Waals surface area contributed by atoms with Gasteiger partial charge < -0.3 is 15.4 Å². The summed E-state index contributed by atoms with van der Waals surface area (Å²) in [5.41, 5.74) is 0.716. The molecule has 1 aromatic rings. The highest BCUT2D eigenvalue weighted by molar-refractivity contribution is 5.85. The molecule has 0 saturated carbocycles. The summed E-state index contributed by atoms with van der Waals surface area (Å²) in [6, 6.07) is 5.21. The molecule has 1 amide bonds. The number of nitrogens with zero attached hydrogens (tertiary/aromatic N) is 1. The van der Waals surface area contributed by atoms with Crippen molar-refractivity contribution in [1.29, 1.82) is 0 Å². The molecule has 144 valence electrons. The molecule has 0 spiro atoms. The van der Waals surface area contributed by atoms with E-state index in [1.807, 2.05) is 0 Å². The van der Waals surface area contributed by atoms with E-state index >= 15 is 0 Å². The van der Waals surface area contributed by atoms with Gasteiger partial charge in [0.2, 0.25) is 5.91 Å². The minimum absolute atomic E-state index is 0. The molecular formula is C15H22Cl2F3N3O2. The van der Waals surface area contributed by atoms with Crippen molar-refractivity contribution in [2.45, 2.75) is 19.3 Å². The highest BCUT2D eigenvalue weighted by Crippen LogP contribution is 2.24. The number of piperazine rings is 1. The van der Waals surface area contributed by atoms with Gasteiger partial charge in [0.25, 0.3) is 0 Å². The predicted molar refractivity (Wildman–Crippen MR) is 93.5 cm³/mol. The van der Waals surface area contributed by atoms with Gasteiger partial charge in [0, 0.05) is 26.2 Å². The molecule has 0 aliphatic carbocycles. The van der Waals surface area contributed by atoms with E-state index < -0.39 is 6.36 Å². The van der Waals surface area contributed by atoms with E-state index in [1.165, 1.54) is 24.3 Å². The summed E-state index contributed by atoms with van der Waals surface area (Å²) >= 11 is 0. The Kier molecular flexibility index (Phi) is 10.2. The first-order valence-corrected chi connectivity index (χ1v) is 7.41. The van der Waals surface area contributed by atoms with Crippen LogP contribution in [-0.4, -0.2) is 49.9 Å². The van der Waals surface area contributed by atoms with E-state index in [1.54, 1.807) is 6.92 Å². The van der Waals surface area contributed by atoms with E-state index in [-0.39, 0.29) is 42.5 Å². The predicted octanol–water partition coefficient (Wildman–Crippen LogP) is 2.51. The van der Waals surface area contributed by atoms with Crippen LogP contribution >= 0.6 is 24.8 Å². The Bertz CT molecular complexity index is 524. The number of ether oxygens (including phenoxy) is 1. The maximum atomic E-state index is 12.1. The van der Waals surface area contributed by atoms with Gasteiger partial charge in [0.05, 0.1) is 12.6 Å². The number of carbonyl (C=O) groups excluding carboxylic acids is 1. The fourth-order valence-corrected chi connectivity index (χ4v) is 2.40. The molecule has 1 aliphatic heterocycles. The number of hydrogen-bond acceptors (Lipinski definition) is 4. The number of halogens is 5. The van der Waals surface area contributed by atoms with Crippen LogP contribution in [0, 0.1) is 0 Å². The standard InChI is InChI=1S/C15H20F3N3O2.2ClH/c1-11(20-14(22)10-21-8-6-19-7-9-21)12-2-4-13(5-3-12)23-15(16,17)18;;/h2-5,11,19H,6-10H2,1H3,(H,20,22);2*1H. The van der Waals surface area contributed by atoms with Crippen LogP contribution in [0.5, 0.6) is 5.75 Å². The van der Waals surface area contributed by atoms with Gasteiger partial charge in [0.15, 0.2) is 0 Å². The monoisotopic (exact) mass is 403 g/mol. The second kappa shape index (κ2) is 10.7. The molecule has 1 aromatic carbocycles. The number of hydrogen-bond donors (Lipinski definition) is 2. The Labute approximate surface area is 157 Å². The molecule has 10 heteroatoms. The summed E-state index contributed by atoms with van der Waals surface area (Å²) in [5.74, 6) is -0.379. The molecule has 5 nitrogen and oxygen atoms in total. The Morgan fingerprint density at radius 3 is 2.32 bits per heavy atom. The second-order valence-corrected chi connectivity index (χ2v) is 5.43. The average Bonchev–Trinajstić information content (AvgIpc) is 2.47. The quantitative estimate of drug-likeness (QED) is 0.792. The van der Waals surface area contributed by atoms with Crippen LogP contribution < -0.4 is 15.4 Å². The van der Waals surface area contributed by atoms with Gasteiger partial charge in [-0.05, 0) is 24.6 Å². The highest BCUT2D eigenvalue weighted by atomic mass is 35.5. The lowest BCUT2D eigenvalue weighted by molar-refractivity contribution is -0.274. The zero-order valence-corrected chi connectivity index (χ0v) is 15.3. The van der Waals surface area contributed by atoms with Crippen LogP contribution in [0.3, 0.4) is 0 Å². The van der Waals surface area contributed by atoms with Crippen molar-refractivity contribution in [1.82, 2.24) is 15.5 Å². The van der Waals surface area contributed by atoms with Crippen LogP contribution in [0.4, 0.5) is 13.2 Å². The summed E-state index contributed by atoms with van der Waals surface area (Å²) < 4.78 is 40.1. The normalized spacial score (nSPS) is 16.2. The Balaban J connectivity index is 0.00000288. The third-order valence-electron chi connectivity index (χ3n) is 3.57. The van der Waals surface area contributed by atoms with Gasteiger partial charge in [0.1, 0.15) is 5.75 Å². The van der Waals surface area contributed by atoms with Gasteiger partial charge in [-0.25, -0.2) is 0 Å². The fraction of sp³-hybridized carbons (Fsp3) is 0.533. The van der Waals surface area contributed by atoms with Crippen LogP contribution in [0.2, 0.25) is 0 Å². The second-order valence-electron chi connectivity index (χ2n) is 5.43.